The first-order valence-corrected chi connectivity index (χ1v) is 6.84. The van der Waals surface area contributed by atoms with E-state index < -0.39 is 12.0 Å². The molecule has 3 heteroatoms. The SMILES string of the molecule is O=C(O)C(NCC1Cc2ccccc21)c1ccccc1. The first-order valence-electron chi connectivity index (χ1n) is 6.84. The summed E-state index contributed by atoms with van der Waals surface area (Å²) >= 11 is 0. The summed E-state index contributed by atoms with van der Waals surface area (Å²) in [5.74, 6) is -0.402. The zero-order chi connectivity index (χ0) is 13.9. The van der Waals surface area contributed by atoms with Crippen LogP contribution in [-0.4, -0.2) is 17.6 Å². The zero-order valence-corrected chi connectivity index (χ0v) is 11.1. The third kappa shape index (κ3) is 2.45. The topological polar surface area (TPSA) is 49.3 Å². The lowest BCUT2D eigenvalue weighted by Crippen LogP contribution is -2.35. The summed E-state index contributed by atoms with van der Waals surface area (Å²) < 4.78 is 0. The molecule has 102 valence electrons. The molecule has 0 bridgehead atoms. The molecule has 2 unspecified atom stereocenters. The molecule has 2 aromatic rings. The largest absolute Gasteiger partial charge is 0.480 e. The van der Waals surface area contributed by atoms with Crippen molar-refractivity contribution in [2.75, 3.05) is 6.54 Å². The minimum absolute atomic E-state index is 0.428. The van der Waals surface area contributed by atoms with Gasteiger partial charge in [-0.15, -0.1) is 0 Å². The Morgan fingerprint density at radius 1 is 1.15 bits per heavy atom. The number of rotatable bonds is 5. The van der Waals surface area contributed by atoms with Crippen molar-refractivity contribution in [3.05, 3.63) is 71.3 Å². The molecule has 1 aliphatic carbocycles. The average Bonchev–Trinajstić information content (AvgIpc) is 2.44. The van der Waals surface area contributed by atoms with Crippen molar-refractivity contribution in [3.63, 3.8) is 0 Å². The van der Waals surface area contributed by atoms with E-state index in [1.54, 1.807) is 0 Å². The zero-order valence-electron chi connectivity index (χ0n) is 11.1. The number of benzene rings is 2. The van der Waals surface area contributed by atoms with Crippen LogP contribution in [0.25, 0.3) is 0 Å². The minimum atomic E-state index is -0.830. The first-order chi connectivity index (χ1) is 9.75. The van der Waals surface area contributed by atoms with E-state index in [-0.39, 0.29) is 0 Å². The van der Waals surface area contributed by atoms with Crippen LogP contribution in [0.1, 0.15) is 28.7 Å². The van der Waals surface area contributed by atoms with E-state index in [1.807, 2.05) is 42.5 Å². The fourth-order valence-corrected chi connectivity index (χ4v) is 2.80. The molecule has 0 aliphatic heterocycles. The lowest BCUT2D eigenvalue weighted by molar-refractivity contribution is -0.139. The van der Waals surface area contributed by atoms with Gasteiger partial charge in [-0.25, -0.2) is 0 Å². The summed E-state index contributed by atoms with van der Waals surface area (Å²) in [6.45, 7) is 0.697. The highest BCUT2D eigenvalue weighted by molar-refractivity contribution is 5.75. The van der Waals surface area contributed by atoms with Crippen LogP contribution in [0.3, 0.4) is 0 Å². The molecule has 0 heterocycles. The molecule has 0 radical (unpaired) electrons. The number of carboxylic acid groups (broad SMARTS) is 1. The number of nitrogens with one attached hydrogen (secondary N) is 1. The highest BCUT2D eigenvalue weighted by Crippen LogP contribution is 2.34. The molecule has 0 fully saturated rings. The van der Waals surface area contributed by atoms with Crippen LogP contribution >= 0.6 is 0 Å². The second-order valence-electron chi connectivity index (χ2n) is 5.19. The van der Waals surface area contributed by atoms with Crippen molar-refractivity contribution in [1.82, 2.24) is 5.32 Å². The quantitative estimate of drug-likeness (QED) is 0.875. The molecule has 2 N–H and O–H groups in total. The van der Waals surface area contributed by atoms with E-state index in [0.717, 1.165) is 12.0 Å². The third-order valence-electron chi connectivity index (χ3n) is 3.91. The standard InChI is InChI=1S/C17H17NO2/c19-17(20)16(12-6-2-1-3-7-12)18-11-14-10-13-8-4-5-9-15(13)14/h1-9,14,16,18H,10-11H2,(H,19,20). The average molecular weight is 267 g/mol. The van der Waals surface area contributed by atoms with Gasteiger partial charge >= 0.3 is 5.97 Å². The lowest BCUT2D eigenvalue weighted by Gasteiger charge is -2.31. The summed E-state index contributed by atoms with van der Waals surface area (Å²) in [4.78, 5) is 11.4. The van der Waals surface area contributed by atoms with E-state index in [2.05, 4.69) is 17.4 Å². The molecule has 0 saturated heterocycles. The van der Waals surface area contributed by atoms with Crippen molar-refractivity contribution < 1.29 is 9.90 Å². The van der Waals surface area contributed by atoms with Gasteiger partial charge in [-0.05, 0) is 23.1 Å². The highest BCUT2D eigenvalue weighted by Gasteiger charge is 2.27. The third-order valence-corrected chi connectivity index (χ3v) is 3.91. The molecule has 1 aliphatic rings. The minimum Gasteiger partial charge on any atom is -0.480 e. The monoisotopic (exact) mass is 267 g/mol. The second-order valence-corrected chi connectivity index (χ2v) is 5.19. The van der Waals surface area contributed by atoms with Gasteiger partial charge in [0.25, 0.3) is 0 Å². The van der Waals surface area contributed by atoms with Crippen LogP contribution in [0.2, 0.25) is 0 Å². The maximum Gasteiger partial charge on any atom is 0.325 e. The maximum atomic E-state index is 11.4. The molecule has 0 amide bonds. The van der Waals surface area contributed by atoms with E-state index in [0.29, 0.717) is 12.5 Å². The van der Waals surface area contributed by atoms with E-state index >= 15 is 0 Å². The fourth-order valence-electron chi connectivity index (χ4n) is 2.80. The summed E-state index contributed by atoms with van der Waals surface area (Å²) in [5, 5.41) is 12.5. The Bertz CT molecular complexity index is 609. The Hall–Kier alpha value is -2.13. The molecule has 0 spiro atoms. The van der Waals surface area contributed by atoms with Gasteiger partial charge in [0.05, 0.1) is 0 Å². The predicted octanol–water partition coefficient (Wildman–Crippen LogP) is 2.74. The first kappa shape index (κ1) is 12.9. The number of aliphatic carboxylic acids is 1. The Labute approximate surface area is 118 Å². The van der Waals surface area contributed by atoms with Crippen LogP contribution < -0.4 is 5.32 Å². The van der Waals surface area contributed by atoms with E-state index in [4.69, 9.17) is 0 Å². The Kier molecular flexibility index (Phi) is 3.52. The second kappa shape index (κ2) is 5.47. The molecule has 2 aromatic carbocycles. The number of hydrogen-bond acceptors (Lipinski definition) is 2. The molecular weight excluding hydrogens is 250 g/mol. The van der Waals surface area contributed by atoms with Gasteiger partial charge in [-0.2, -0.15) is 0 Å². The summed E-state index contributed by atoms with van der Waals surface area (Å²) in [7, 11) is 0. The highest BCUT2D eigenvalue weighted by atomic mass is 16.4. The summed E-state index contributed by atoms with van der Waals surface area (Å²) in [5.41, 5.74) is 3.52. The fraction of sp³-hybridized carbons (Fsp3) is 0.235. The van der Waals surface area contributed by atoms with Crippen molar-refractivity contribution in [2.45, 2.75) is 18.4 Å². The van der Waals surface area contributed by atoms with Gasteiger partial charge < -0.3 is 10.4 Å². The van der Waals surface area contributed by atoms with Gasteiger partial charge in [-0.1, -0.05) is 54.6 Å². The molecular formula is C17H17NO2. The van der Waals surface area contributed by atoms with Crippen LogP contribution in [-0.2, 0) is 11.2 Å². The number of carbonyl (C=O) groups is 1. The van der Waals surface area contributed by atoms with Crippen molar-refractivity contribution in [3.8, 4) is 0 Å². The van der Waals surface area contributed by atoms with E-state index in [9.17, 15) is 9.90 Å². The van der Waals surface area contributed by atoms with Crippen molar-refractivity contribution in [2.24, 2.45) is 0 Å². The van der Waals surface area contributed by atoms with Crippen molar-refractivity contribution in [1.29, 1.82) is 0 Å². The van der Waals surface area contributed by atoms with E-state index in [1.165, 1.54) is 11.1 Å². The maximum absolute atomic E-state index is 11.4. The molecule has 3 nitrogen and oxygen atoms in total. The molecule has 3 rings (SSSR count). The van der Waals surface area contributed by atoms with Gasteiger partial charge in [-0.3, -0.25) is 4.79 Å². The van der Waals surface area contributed by atoms with Crippen LogP contribution in [0, 0.1) is 0 Å². The van der Waals surface area contributed by atoms with Gasteiger partial charge in [0.1, 0.15) is 6.04 Å². The van der Waals surface area contributed by atoms with Gasteiger partial charge in [0.15, 0.2) is 0 Å². The van der Waals surface area contributed by atoms with Crippen LogP contribution in [0.15, 0.2) is 54.6 Å². The molecule has 20 heavy (non-hydrogen) atoms. The molecule has 2 atom stereocenters. The van der Waals surface area contributed by atoms with Gasteiger partial charge in [0.2, 0.25) is 0 Å². The summed E-state index contributed by atoms with van der Waals surface area (Å²) in [6.07, 6.45) is 1.03. The Morgan fingerprint density at radius 3 is 2.55 bits per heavy atom. The Balaban J connectivity index is 1.67. The Morgan fingerprint density at radius 2 is 1.85 bits per heavy atom. The smallest absolute Gasteiger partial charge is 0.325 e. The van der Waals surface area contributed by atoms with Gasteiger partial charge in [0, 0.05) is 12.5 Å². The lowest BCUT2D eigenvalue weighted by atomic mass is 9.77. The molecule has 0 saturated carbocycles. The number of carboxylic acids is 1. The number of fused-ring (bicyclic) bond motifs is 1. The van der Waals surface area contributed by atoms with Crippen LogP contribution in [0.4, 0.5) is 0 Å². The normalized spacial score (nSPS) is 17.9. The van der Waals surface area contributed by atoms with Crippen molar-refractivity contribution >= 4 is 5.97 Å². The predicted molar refractivity (Wildman–Crippen MR) is 77.7 cm³/mol. The molecule has 0 aromatic heterocycles. The number of hydrogen-bond donors (Lipinski definition) is 2. The summed E-state index contributed by atoms with van der Waals surface area (Å²) in [6, 6.07) is 17.0. The van der Waals surface area contributed by atoms with Crippen LogP contribution in [0.5, 0.6) is 0 Å².